The highest BCUT2D eigenvalue weighted by Gasteiger charge is 2.55. The summed E-state index contributed by atoms with van der Waals surface area (Å²) in [5.74, 6) is -0.0350. The van der Waals surface area contributed by atoms with Crippen LogP contribution in [0.4, 0.5) is 4.79 Å². The molecule has 0 N–H and O–H groups in total. The van der Waals surface area contributed by atoms with Crippen molar-refractivity contribution in [2.75, 3.05) is 5.75 Å². The third-order valence-corrected chi connectivity index (χ3v) is 8.33. The Kier molecular flexibility index (Phi) is 6.90. The van der Waals surface area contributed by atoms with Crippen LogP contribution in [0.5, 0.6) is 0 Å². The van der Waals surface area contributed by atoms with Gasteiger partial charge in [-0.2, -0.15) is 0 Å². The van der Waals surface area contributed by atoms with Gasteiger partial charge in [-0.15, -0.1) is 0 Å². The summed E-state index contributed by atoms with van der Waals surface area (Å²) in [4.78, 5) is 15.7. The Balaban J connectivity index is 1.99. The van der Waals surface area contributed by atoms with Gasteiger partial charge in [0.1, 0.15) is 5.60 Å². The monoisotopic (exact) mass is 447 g/mol. The van der Waals surface area contributed by atoms with E-state index in [-0.39, 0.29) is 23.8 Å². The molecular weight excluding hydrogens is 410 g/mol. The van der Waals surface area contributed by atoms with Crippen molar-refractivity contribution in [2.45, 2.75) is 95.2 Å². The Hall–Kier alpha value is -1.82. The lowest BCUT2D eigenvalue weighted by atomic mass is 9.72. The number of carbonyl (C=O) groups excluding carboxylic acids is 1. The van der Waals surface area contributed by atoms with Gasteiger partial charge in [0.15, 0.2) is 9.84 Å². The van der Waals surface area contributed by atoms with Crippen molar-refractivity contribution in [3.05, 3.63) is 42.0 Å². The molecule has 172 valence electrons. The number of hydrogen-bond acceptors (Lipinski definition) is 4. The summed E-state index contributed by atoms with van der Waals surface area (Å²) in [6.07, 6.45) is 7.10. The van der Waals surface area contributed by atoms with E-state index in [1.807, 2.05) is 45.6 Å². The highest BCUT2D eigenvalue weighted by molar-refractivity contribution is 7.91. The van der Waals surface area contributed by atoms with Crippen LogP contribution in [0.1, 0.15) is 73.1 Å². The Morgan fingerprint density at radius 3 is 2.42 bits per heavy atom. The molecule has 1 heterocycles. The average Bonchev–Trinajstić information content (AvgIpc) is 3.01. The summed E-state index contributed by atoms with van der Waals surface area (Å²) < 4.78 is 32.3. The summed E-state index contributed by atoms with van der Waals surface area (Å²) in [6, 6.07) is 8.62. The summed E-state index contributed by atoms with van der Waals surface area (Å²) in [5, 5.41) is 0. The number of benzene rings is 1. The van der Waals surface area contributed by atoms with Crippen LogP contribution in [0.25, 0.3) is 0 Å². The summed E-state index contributed by atoms with van der Waals surface area (Å²) in [7, 11) is -3.44. The van der Waals surface area contributed by atoms with Gasteiger partial charge in [0.2, 0.25) is 0 Å². The molecule has 2 aliphatic rings. The van der Waals surface area contributed by atoms with Gasteiger partial charge in [-0.3, -0.25) is 4.90 Å². The van der Waals surface area contributed by atoms with E-state index in [0.717, 1.165) is 44.1 Å². The van der Waals surface area contributed by atoms with Gasteiger partial charge in [0, 0.05) is 0 Å². The molecule has 0 radical (unpaired) electrons. The molecule has 1 saturated heterocycles. The van der Waals surface area contributed by atoms with Crippen molar-refractivity contribution < 1.29 is 17.9 Å². The normalized spacial score (nSPS) is 26.7. The molecule has 0 unspecified atom stereocenters. The summed E-state index contributed by atoms with van der Waals surface area (Å²) in [6.45, 7) is 9.71. The maximum atomic E-state index is 13.4. The smallest absolute Gasteiger partial charge is 0.411 e. The highest BCUT2D eigenvalue weighted by Crippen LogP contribution is 2.49. The second kappa shape index (κ2) is 8.97. The number of amides is 1. The molecule has 3 atom stereocenters. The van der Waals surface area contributed by atoms with Gasteiger partial charge in [0.25, 0.3) is 0 Å². The number of carbonyl (C=O) groups is 1. The van der Waals surface area contributed by atoms with Gasteiger partial charge in [-0.05, 0) is 78.4 Å². The molecule has 31 heavy (non-hydrogen) atoms. The molecule has 1 saturated carbocycles. The van der Waals surface area contributed by atoms with Crippen LogP contribution < -0.4 is 0 Å². The number of ether oxygens (including phenoxy) is 1. The van der Waals surface area contributed by atoms with Gasteiger partial charge < -0.3 is 4.74 Å². The lowest BCUT2D eigenvalue weighted by Gasteiger charge is -2.48. The standard InChI is InChI=1S/C25H37NO4S/c1-19(2)17-21-14-16-25(26(21)23(27)30-24(3,4)5)15-10-9-11-20(25)18-31(28,29)22-12-7-6-8-13-22/h6-8,12-13,17,20-21H,9-11,14-16,18H2,1-5H3/t20-,21+,25-/m0/s1. The highest BCUT2D eigenvalue weighted by atomic mass is 32.2. The Morgan fingerprint density at radius 1 is 1.13 bits per heavy atom. The largest absolute Gasteiger partial charge is 0.444 e. The zero-order valence-corrected chi connectivity index (χ0v) is 20.4. The van der Waals surface area contributed by atoms with E-state index in [2.05, 4.69) is 6.08 Å². The molecule has 1 aliphatic carbocycles. The average molecular weight is 448 g/mol. The van der Waals surface area contributed by atoms with Crippen LogP contribution in [0.3, 0.4) is 0 Å². The minimum Gasteiger partial charge on any atom is -0.444 e. The fourth-order valence-corrected chi connectivity index (χ4v) is 7.09. The minimum absolute atomic E-state index is 0.0557. The molecule has 1 aromatic carbocycles. The second-order valence-electron chi connectivity index (χ2n) is 10.3. The number of sulfone groups is 1. The van der Waals surface area contributed by atoms with Crippen molar-refractivity contribution in [1.82, 2.24) is 4.90 Å². The third-order valence-electron chi connectivity index (χ3n) is 6.50. The zero-order chi connectivity index (χ0) is 22.9. The van der Waals surface area contributed by atoms with Gasteiger partial charge in [0.05, 0.1) is 22.2 Å². The number of nitrogens with zero attached hydrogens (tertiary/aromatic N) is 1. The second-order valence-corrected chi connectivity index (χ2v) is 12.4. The molecule has 1 aliphatic heterocycles. The van der Waals surface area contributed by atoms with Crippen LogP contribution in [0.15, 0.2) is 46.9 Å². The number of hydrogen-bond donors (Lipinski definition) is 0. The molecule has 1 aromatic rings. The molecule has 2 fully saturated rings. The Morgan fingerprint density at radius 2 is 1.81 bits per heavy atom. The number of rotatable bonds is 4. The molecule has 1 spiro atoms. The quantitative estimate of drug-likeness (QED) is 0.551. The van der Waals surface area contributed by atoms with Gasteiger partial charge in [-0.25, -0.2) is 13.2 Å². The fourth-order valence-electron chi connectivity index (χ4n) is 5.32. The number of likely N-dealkylation sites (tertiary alicyclic amines) is 1. The van der Waals surface area contributed by atoms with Crippen molar-refractivity contribution in [3.8, 4) is 0 Å². The van der Waals surface area contributed by atoms with Crippen molar-refractivity contribution in [2.24, 2.45) is 5.92 Å². The SMILES string of the molecule is CC(C)=C[C@H]1CC[C@]2(CCCC[C@H]2CS(=O)(=O)c2ccccc2)N1C(=O)OC(C)(C)C. The van der Waals surface area contributed by atoms with Gasteiger partial charge >= 0.3 is 6.09 Å². The summed E-state index contributed by atoms with van der Waals surface area (Å²) >= 11 is 0. The lowest BCUT2D eigenvalue weighted by Crippen LogP contribution is -2.58. The molecule has 0 bridgehead atoms. The van der Waals surface area contributed by atoms with E-state index in [4.69, 9.17) is 4.74 Å². The zero-order valence-electron chi connectivity index (χ0n) is 19.6. The number of allylic oxidation sites excluding steroid dienone is 1. The van der Waals surface area contributed by atoms with Crippen LogP contribution in [0, 0.1) is 5.92 Å². The molecular formula is C25H37NO4S. The van der Waals surface area contributed by atoms with E-state index in [9.17, 15) is 13.2 Å². The lowest BCUT2D eigenvalue weighted by molar-refractivity contribution is -0.0196. The van der Waals surface area contributed by atoms with Crippen molar-refractivity contribution >= 4 is 15.9 Å². The summed E-state index contributed by atoms with van der Waals surface area (Å²) in [5.41, 5.74) is 0.0790. The van der Waals surface area contributed by atoms with E-state index in [1.165, 1.54) is 0 Å². The topological polar surface area (TPSA) is 63.7 Å². The molecule has 3 rings (SSSR count). The molecule has 0 aromatic heterocycles. The Labute approximate surface area is 187 Å². The predicted molar refractivity (Wildman–Crippen MR) is 124 cm³/mol. The van der Waals surface area contributed by atoms with Crippen molar-refractivity contribution in [3.63, 3.8) is 0 Å². The maximum Gasteiger partial charge on any atom is 0.411 e. The van der Waals surface area contributed by atoms with Crippen molar-refractivity contribution in [1.29, 1.82) is 0 Å². The van der Waals surface area contributed by atoms with Crippen LogP contribution in [-0.2, 0) is 14.6 Å². The maximum absolute atomic E-state index is 13.4. The molecule has 1 amide bonds. The van der Waals surface area contributed by atoms with Gasteiger partial charge in [-0.1, -0.05) is 42.7 Å². The molecule has 6 heteroatoms. The first-order chi connectivity index (χ1) is 14.4. The van der Waals surface area contributed by atoms with E-state index in [0.29, 0.717) is 4.90 Å². The van der Waals surface area contributed by atoms with Crippen LogP contribution in [-0.4, -0.2) is 42.3 Å². The third kappa shape index (κ3) is 5.33. The van der Waals surface area contributed by atoms with E-state index in [1.54, 1.807) is 24.3 Å². The van der Waals surface area contributed by atoms with E-state index < -0.39 is 21.0 Å². The minimum atomic E-state index is -3.44. The fraction of sp³-hybridized carbons (Fsp3) is 0.640. The van der Waals surface area contributed by atoms with E-state index >= 15 is 0 Å². The first-order valence-corrected chi connectivity index (χ1v) is 13.0. The molecule has 5 nitrogen and oxygen atoms in total. The van der Waals surface area contributed by atoms with Crippen LogP contribution >= 0.6 is 0 Å². The Bertz CT molecular complexity index is 913. The first-order valence-electron chi connectivity index (χ1n) is 11.4. The predicted octanol–water partition coefficient (Wildman–Crippen LogP) is 5.76. The first kappa shape index (κ1) is 23.8. The van der Waals surface area contributed by atoms with Crippen LogP contribution in [0.2, 0.25) is 0 Å².